The van der Waals surface area contributed by atoms with Crippen molar-refractivity contribution in [3.63, 3.8) is 0 Å². The highest BCUT2D eigenvalue weighted by Crippen LogP contribution is 2.21. The first kappa shape index (κ1) is 19.8. The number of aliphatic imine (C=N–C) groups is 1. The van der Waals surface area contributed by atoms with E-state index in [0.29, 0.717) is 6.54 Å². The van der Waals surface area contributed by atoms with Gasteiger partial charge in [-0.15, -0.1) is 0 Å². The largest absolute Gasteiger partial charge is 0.493 e. The number of rotatable bonds is 10. The standard InChI is InChI=1S/C20H31N5O/c1-4-14-26-19-15-17(3)8-9-18(19)16-23-20(21-5-2)22-10-6-12-25-13-7-11-24-25/h7-9,11,13,15H,4-6,10,12,14,16H2,1-3H3,(H2,21,22,23). The lowest BCUT2D eigenvalue weighted by Crippen LogP contribution is -2.38. The predicted octanol–water partition coefficient (Wildman–Crippen LogP) is 3.13. The van der Waals surface area contributed by atoms with Crippen molar-refractivity contribution in [2.24, 2.45) is 4.99 Å². The quantitative estimate of drug-likeness (QED) is 0.390. The molecule has 6 nitrogen and oxygen atoms in total. The lowest BCUT2D eigenvalue weighted by Gasteiger charge is -2.13. The molecule has 1 aromatic carbocycles. The Morgan fingerprint density at radius 1 is 1.27 bits per heavy atom. The fourth-order valence-electron chi connectivity index (χ4n) is 2.53. The summed E-state index contributed by atoms with van der Waals surface area (Å²) in [6, 6.07) is 8.24. The molecule has 26 heavy (non-hydrogen) atoms. The zero-order valence-electron chi connectivity index (χ0n) is 16.2. The highest BCUT2D eigenvalue weighted by atomic mass is 16.5. The third-order valence-corrected chi connectivity index (χ3v) is 3.85. The van der Waals surface area contributed by atoms with Crippen molar-refractivity contribution in [1.29, 1.82) is 0 Å². The van der Waals surface area contributed by atoms with Gasteiger partial charge >= 0.3 is 0 Å². The summed E-state index contributed by atoms with van der Waals surface area (Å²) in [6.07, 6.45) is 5.77. The second kappa shape index (κ2) is 11.2. The molecule has 0 atom stereocenters. The fourth-order valence-corrected chi connectivity index (χ4v) is 2.53. The van der Waals surface area contributed by atoms with Gasteiger partial charge in [0, 0.05) is 37.6 Å². The SMILES string of the molecule is CCCOc1cc(C)ccc1CN=C(NCC)NCCCn1cccn1. The van der Waals surface area contributed by atoms with Gasteiger partial charge in [-0.2, -0.15) is 5.10 Å². The number of nitrogens with zero attached hydrogens (tertiary/aromatic N) is 3. The van der Waals surface area contributed by atoms with Gasteiger partial charge in [-0.1, -0.05) is 19.1 Å². The van der Waals surface area contributed by atoms with E-state index in [4.69, 9.17) is 9.73 Å². The van der Waals surface area contributed by atoms with Gasteiger partial charge in [0.1, 0.15) is 5.75 Å². The van der Waals surface area contributed by atoms with Gasteiger partial charge in [-0.05, 0) is 44.4 Å². The first-order chi connectivity index (χ1) is 12.7. The number of aryl methyl sites for hydroxylation is 2. The highest BCUT2D eigenvalue weighted by molar-refractivity contribution is 5.79. The molecule has 0 fully saturated rings. The van der Waals surface area contributed by atoms with Gasteiger partial charge in [0.2, 0.25) is 0 Å². The molecule has 0 saturated heterocycles. The zero-order valence-corrected chi connectivity index (χ0v) is 16.2. The summed E-state index contributed by atoms with van der Waals surface area (Å²) in [4.78, 5) is 4.71. The predicted molar refractivity (Wildman–Crippen MR) is 107 cm³/mol. The Bertz CT molecular complexity index is 667. The van der Waals surface area contributed by atoms with Crippen molar-refractivity contribution < 1.29 is 4.74 Å². The highest BCUT2D eigenvalue weighted by Gasteiger charge is 2.05. The Morgan fingerprint density at radius 3 is 2.88 bits per heavy atom. The van der Waals surface area contributed by atoms with E-state index in [2.05, 4.69) is 54.7 Å². The van der Waals surface area contributed by atoms with Crippen LogP contribution in [-0.4, -0.2) is 35.4 Å². The minimum absolute atomic E-state index is 0.591. The van der Waals surface area contributed by atoms with Crippen molar-refractivity contribution in [2.45, 2.75) is 46.7 Å². The monoisotopic (exact) mass is 357 g/mol. The average Bonchev–Trinajstić information content (AvgIpc) is 3.15. The van der Waals surface area contributed by atoms with Crippen LogP contribution in [0.4, 0.5) is 0 Å². The van der Waals surface area contributed by atoms with Gasteiger partial charge in [0.05, 0.1) is 13.2 Å². The molecule has 0 aliphatic rings. The molecule has 2 rings (SSSR count). The smallest absolute Gasteiger partial charge is 0.191 e. The minimum atomic E-state index is 0.591. The van der Waals surface area contributed by atoms with E-state index in [1.807, 2.05) is 16.9 Å². The number of aromatic nitrogens is 2. The number of hydrogen-bond acceptors (Lipinski definition) is 3. The maximum absolute atomic E-state index is 5.88. The Balaban J connectivity index is 1.90. The van der Waals surface area contributed by atoms with E-state index < -0.39 is 0 Å². The molecule has 0 unspecified atom stereocenters. The topological polar surface area (TPSA) is 63.5 Å². The van der Waals surface area contributed by atoms with Crippen molar-refractivity contribution in [3.8, 4) is 5.75 Å². The molecule has 0 aliphatic carbocycles. The first-order valence-electron chi connectivity index (χ1n) is 9.44. The van der Waals surface area contributed by atoms with E-state index >= 15 is 0 Å². The minimum Gasteiger partial charge on any atom is -0.493 e. The number of benzene rings is 1. The summed E-state index contributed by atoms with van der Waals surface area (Å²) in [5.74, 6) is 1.76. The van der Waals surface area contributed by atoms with Crippen LogP contribution in [0.3, 0.4) is 0 Å². The van der Waals surface area contributed by atoms with Gasteiger partial charge < -0.3 is 15.4 Å². The second-order valence-electron chi connectivity index (χ2n) is 6.20. The fraction of sp³-hybridized carbons (Fsp3) is 0.500. The summed E-state index contributed by atoms with van der Waals surface area (Å²) < 4.78 is 7.82. The molecule has 2 N–H and O–H groups in total. The van der Waals surface area contributed by atoms with Gasteiger partial charge in [0.15, 0.2) is 5.96 Å². The van der Waals surface area contributed by atoms with Crippen LogP contribution in [0.5, 0.6) is 5.75 Å². The Labute approximate surface area is 156 Å². The third kappa shape index (κ3) is 6.78. The molecule has 0 aliphatic heterocycles. The summed E-state index contributed by atoms with van der Waals surface area (Å²) in [6.45, 7) is 10.2. The zero-order chi connectivity index (χ0) is 18.6. The molecule has 0 amide bonds. The number of guanidine groups is 1. The normalized spacial score (nSPS) is 11.4. The van der Waals surface area contributed by atoms with E-state index in [1.54, 1.807) is 6.20 Å². The Morgan fingerprint density at radius 2 is 2.15 bits per heavy atom. The van der Waals surface area contributed by atoms with Crippen LogP contribution in [0, 0.1) is 6.92 Å². The maximum atomic E-state index is 5.88. The van der Waals surface area contributed by atoms with Gasteiger partial charge in [-0.25, -0.2) is 4.99 Å². The van der Waals surface area contributed by atoms with Crippen LogP contribution in [-0.2, 0) is 13.1 Å². The summed E-state index contributed by atoms with van der Waals surface area (Å²) in [5, 5.41) is 10.9. The van der Waals surface area contributed by atoms with E-state index in [-0.39, 0.29) is 0 Å². The van der Waals surface area contributed by atoms with Gasteiger partial charge in [-0.3, -0.25) is 4.68 Å². The van der Waals surface area contributed by atoms with Crippen molar-refractivity contribution in [1.82, 2.24) is 20.4 Å². The molecule has 0 saturated carbocycles. The summed E-state index contributed by atoms with van der Waals surface area (Å²) in [5.41, 5.74) is 2.31. The number of ether oxygens (including phenoxy) is 1. The Hall–Kier alpha value is -2.50. The van der Waals surface area contributed by atoms with Gasteiger partial charge in [0.25, 0.3) is 0 Å². The summed E-state index contributed by atoms with van der Waals surface area (Å²) >= 11 is 0. The number of hydrogen-bond donors (Lipinski definition) is 2. The molecule has 142 valence electrons. The average molecular weight is 358 g/mol. The molecule has 0 spiro atoms. The molecule has 1 aromatic heterocycles. The van der Waals surface area contributed by atoms with Crippen LogP contribution in [0.2, 0.25) is 0 Å². The molecule has 1 heterocycles. The molecular formula is C20H31N5O. The summed E-state index contributed by atoms with van der Waals surface area (Å²) in [7, 11) is 0. The van der Waals surface area contributed by atoms with Crippen LogP contribution in [0.15, 0.2) is 41.7 Å². The molecule has 0 bridgehead atoms. The molecule has 6 heteroatoms. The van der Waals surface area contributed by atoms with E-state index in [0.717, 1.165) is 56.4 Å². The van der Waals surface area contributed by atoms with Crippen LogP contribution >= 0.6 is 0 Å². The van der Waals surface area contributed by atoms with Crippen molar-refractivity contribution in [2.75, 3.05) is 19.7 Å². The van der Waals surface area contributed by atoms with Crippen LogP contribution < -0.4 is 15.4 Å². The molecule has 0 radical (unpaired) electrons. The lowest BCUT2D eigenvalue weighted by atomic mass is 10.1. The lowest BCUT2D eigenvalue weighted by molar-refractivity contribution is 0.314. The number of nitrogens with one attached hydrogen (secondary N) is 2. The third-order valence-electron chi connectivity index (χ3n) is 3.85. The van der Waals surface area contributed by atoms with Crippen molar-refractivity contribution in [3.05, 3.63) is 47.8 Å². The molecular weight excluding hydrogens is 326 g/mol. The Kier molecular flexibility index (Phi) is 8.52. The van der Waals surface area contributed by atoms with Crippen LogP contribution in [0.1, 0.15) is 37.8 Å². The van der Waals surface area contributed by atoms with E-state index in [1.165, 1.54) is 5.56 Å². The first-order valence-corrected chi connectivity index (χ1v) is 9.44. The van der Waals surface area contributed by atoms with Crippen molar-refractivity contribution >= 4 is 5.96 Å². The van der Waals surface area contributed by atoms with Crippen LogP contribution in [0.25, 0.3) is 0 Å². The second-order valence-corrected chi connectivity index (χ2v) is 6.20. The molecule has 2 aromatic rings. The maximum Gasteiger partial charge on any atom is 0.191 e. The van der Waals surface area contributed by atoms with E-state index in [9.17, 15) is 0 Å².